The van der Waals surface area contributed by atoms with E-state index in [1.165, 1.54) is 0 Å². The molecule has 2 heterocycles. The molecule has 3 unspecified atom stereocenters. The maximum absolute atomic E-state index is 11.0. The molecule has 0 aromatic heterocycles. The van der Waals surface area contributed by atoms with Crippen LogP contribution in [0, 0.1) is 5.92 Å². The van der Waals surface area contributed by atoms with Crippen molar-refractivity contribution in [2.75, 3.05) is 0 Å². The van der Waals surface area contributed by atoms with E-state index in [1.807, 2.05) is 0 Å². The summed E-state index contributed by atoms with van der Waals surface area (Å²) in [5, 5.41) is 17.9. The third-order valence-electron chi connectivity index (χ3n) is 2.61. The Morgan fingerprint density at radius 2 is 2.38 bits per heavy atom. The molecule has 0 aliphatic carbocycles. The monoisotopic (exact) mass is 202 g/mol. The molecule has 5 heteroatoms. The van der Waals surface area contributed by atoms with Gasteiger partial charge in [-0.2, -0.15) is 0 Å². The van der Waals surface area contributed by atoms with Crippen molar-refractivity contribution in [1.82, 2.24) is 0 Å². The highest BCUT2D eigenvalue weighted by molar-refractivity contribution is 7.96. The van der Waals surface area contributed by atoms with Crippen molar-refractivity contribution in [3.05, 3.63) is 12.2 Å². The normalized spacial score (nSPS) is 41.8. The van der Waals surface area contributed by atoms with Crippen molar-refractivity contribution in [2.24, 2.45) is 5.92 Å². The molecule has 2 aliphatic rings. The molecule has 2 N–H and O–H groups in total. The Kier molecular flexibility index (Phi) is 1.99. The van der Waals surface area contributed by atoms with Crippen LogP contribution in [-0.2, 0) is 9.53 Å². The van der Waals surface area contributed by atoms with Gasteiger partial charge in [0.2, 0.25) is 0 Å². The fourth-order valence-corrected chi connectivity index (χ4v) is 2.10. The molecule has 3 atom stereocenters. The third-order valence-corrected chi connectivity index (χ3v) is 2.94. The minimum Gasteiger partial charge on any atom is -0.365 e. The van der Waals surface area contributed by atoms with E-state index in [0.717, 1.165) is 0 Å². The molecule has 0 spiro atoms. The van der Waals surface area contributed by atoms with Crippen LogP contribution in [0.2, 0.25) is 0 Å². The number of thiol groups is 1. The zero-order valence-electron chi connectivity index (χ0n) is 6.75. The molecule has 72 valence electrons. The minimum absolute atomic E-state index is 0.267. The topological polar surface area (TPSA) is 66.8 Å². The van der Waals surface area contributed by atoms with Gasteiger partial charge in [-0.15, -0.1) is 12.6 Å². The number of ether oxygens (including phenoxy) is 1. The van der Waals surface area contributed by atoms with Crippen LogP contribution in [0.5, 0.6) is 0 Å². The highest BCUT2D eigenvalue weighted by atomic mass is 32.1. The Hall–Kier alpha value is -0.360. The summed E-state index contributed by atoms with van der Waals surface area (Å²) in [6.07, 6.45) is 1.67. The largest absolute Gasteiger partial charge is 0.365 e. The molecule has 2 bridgehead atoms. The first kappa shape index (κ1) is 9.21. The van der Waals surface area contributed by atoms with Gasteiger partial charge in [-0.05, 0) is 12.5 Å². The summed E-state index contributed by atoms with van der Waals surface area (Å²) in [6.45, 7) is 0. The van der Waals surface area contributed by atoms with Gasteiger partial charge in [-0.1, -0.05) is 6.08 Å². The van der Waals surface area contributed by atoms with Gasteiger partial charge in [-0.3, -0.25) is 4.79 Å². The molecular formula is C8H10O4S. The van der Waals surface area contributed by atoms with Gasteiger partial charge in [0.25, 0.3) is 0 Å². The third kappa shape index (κ3) is 1.23. The van der Waals surface area contributed by atoms with E-state index in [4.69, 9.17) is 14.9 Å². The van der Waals surface area contributed by atoms with Crippen molar-refractivity contribution in [2.45, 2.75) is 24.4 Å². The molecule has 0 amide bonds. The summed E-state index contributed by atoms with van der Waals surface area (Å²) < 4.78 is 5.31. The van der Waals surface area contributed by atoms with E-state index in [1.54, 1.807) is 12.2 Å². The number of rotatable bonds is 2. The summed E-state index contributed by atoms with van der Waals surface area (Å²) in [4.78, 5) is 11.0. The second kappa shape index (κ2) is 2.81. The first-order valence-corrected chi connectivity index (χ1v) is 4.46. The van der Waals surface area contributed by atoms with E-state index in [9.17, 15) is 4.79 Å². The van der Waals surface area contributed by atoms with Crippen LogP contribution in [0.3, 0.4) is 0 Å². The maximum atomic E-state index is 11.0. The van der Waals surface area contributed by atoms with Crippen LogP contribution in [0.15, 0.2) is 12.2 Å². The summed E-state index contributed by atoms with van der Waals surface area (Å²) >= 11 is 3.72. The summed E-state index contributed by atoms with van der Waals surface area (Å²) in [5.41, 5.74) is -1.08. The quantitative estimate of drug-likeness (QED) is 0.320. The number of fused-ring (bicyclic) bond motifs is 2. The standard InChI is InChI=1S/C8H10O4S/c9-6(13)4-3-8(7(10)11)2-1-5(4)12-8/h1-2,4-5,7,10-11H,3H2,(H,9,13). The van der Waals surface area contributed by atoms with Crippen molar-refractivity contribution >= 4 is 17.7 Å². The van der Waals surface area contributed by atoms with Gasteiger partial charge in [0.1, 0.15) is 5.60 Å². The van der Waals surface area contributed by atoms with E-state index >= 15 is 0 Å². The van der Waals surface area contributed by atoms with Crippen molar-refractivity contribution in [3.63, 3.8) is 0 Å². The first-order chi connectivity index (χ1) is 6.05. The lowest BCUT2D eigenvalue weighted by Gasteiger charge is -2.24. The lowest BCUT2D eigenvalue weighted by Crippen LogP contribution is -2.39. The molecule has 4 nitrogen and oxygen atoms in total. The second-order valence-corrected chi connectivity index (χ2v) is 3.86. The molecule has 13 heavy (non-hydrogen) atoms. The minimum atomic E-state index is -1.58. The smallest absolute Gasteiger partial charge is 0.192 e. The number of carbonyl (C=O) groups is 1. The van der Waals surface area contributed by atoms with Crippen LogP contribution in [-0.4, -0.2) is 33.3 Å². The summed E-state index contributed by atoms with van der Waals surface area (Å²) in [6, 6.07) is 0. The molecular weight excluding hydrogens is 192 g/mol. The van der Waals surface area contributed by atoms with Crippen LogP contribution >= 0.6 is 12.6 Å². The maximum Gasteiger partial charge on any atom is 0.192 e. The Bertz CT molecular complexity index is 275. The van der Waals surface area contributed by atoms with Crippen LogP contribution in [0.1, 0.15) is 6.42 Å². The fraction of sp³-hybridized carbons (Fsp3) is 0.625. The number of hydrogen-bond donors (Lipinski definition) is 3. The predicted octanol–water partition coefficient (Wildman–Crippen LogP) is -0.533. The van der Waals surface area contributed by atoms with Gasteiger partial charge in [-0.25, -0.2) is 0 Å². The first-order valence-electron chi connectivity index (χ1n) is 4.01. The number of aliphatic hydroxyl groups excluding tert-OH is 1. The van der Waals surface area contributed by atoms with Gasteiger partial charge in [0, 0.05) is 0 Å². The lowest BCUT2D eigenvalue weighted by atomic mass is 9.87. The van der Waals surface area contributed by atoms with E-state index in [0.29, 0.717) is 6.42 Å². The van der Waals surface area contributed by atoms with Gasteiger partial charge < -0.3 is 14.9 Å². The Balaban J connectivity index is 2.23. The van der Waals surface area contributed by atoms with Crippen LogP contribution in [0.4, 0.5) is 0 Å². The Morgan fingerprint density at radius 3 is 2.77 bits per heavy atom. The van der Waals surface area contributed by atoms with E-state index < -0.39 is 11.9 Å². The van der Waals surface area contributed by atoms with Crippen LogP contribution < -0.4 is 0 Å². The number of carbonyl (C=O) groups excluding carboxylic acids is 1. The van der Waals surface area contributed by atoms with Gasteiger partial charge >= 0.3 is 0 Å². The fourth-order valence-electron chi connectivity index (χ4n) is 1.86. The Morgan fingerprint density at radius 1 is 1.69 bits per heavy atom. The van der Waals surface area contributed by atoms with Gasteiger partial charge in [0.15, 0.2) is 11.4 Å². The van der Waals surface area contributed by atoms with Crippen molar-refractivity contribution < 1.29 is 19.7 Å². The average molecular weight is 202 g/mol. The molecule has 1 saturated heterocycles. The highest BCUT2D eigenvalue weighted by Gasteiger charge is 2.53. The molecule has 0 radical (unpaired) electrons. The number of hydrogen-bond acceptors (Lipinski definition) is 4. The second-order valence-electron chi connectivity index (χ2n) is 3.42. The summed E-state index contributed by atoms with van der Waals surface area (Å²) in [7, 11) is 0. The Labute approximate surface area is 80.6 Å². The van der Waals surface area contributed by atoms with Crippen LogP contribution in [0.25, 0.3) is 0 Å². The highest BCUT2D eigenvalue weighted by Crippen LogP contribution is 2.44. The summed E-state index contributed by atoms with van der Waals surface area (Å²) in [5.74, 6) is -0.352. The molecule has 0 saturated carbocycles. The van der Waals surface area contributed by atoms with Gasteiger partial charge in [0.05, 0.1) is 12.0 Å². The zero-order valence-corrected chi connectivity index (χ0v) is 7.65. The number of aliphatic hydroxyl groups is 2. The average Bonchev–Trinajstić information content (AvgIpc) is 2.60. The predicted molar refractivity (Wildman–Crippen MR) is 47.1 cm³/mol. The zero-order chi connectivity index (χ0) is 9.64. The molecule has 2 rings (SSSR count). The SMILES string of the molecule is O=C(S)C1CC2(C(O)O)C=CC1O2. The van der Waals surface area contributed by atoms with Crippen molar-refractivity contribution in [1.29, 1.82) is 0 Å². The molecule has 2 aliphatic heterocycles. The molecule has 0 aromatic rings. The van der Waals surface area contributed by atoms with E-state index in [-0.39, 0.29) is 17.1 Å². The molecule has 0 aromatic carbocycles. The lowest BCUT2D eigenvalue weighted by molar-refractivity contribution is -0.166. The van der Waals surface area contributed by atoms with Crippen molar-refractivity contribution in [3.8, 4) is 0 Å². The molecule has 1 fully saturated rings. The van der Waals surface area contributed by atoms with E-state index in [2.05, 4.69) is 12.6 Å².